The topological polar surface area (TPSA) is 42.2 Å². The molecule has 0 saturated carbocycles. The molecule has 0 aliphatic rings. The number of methoxy groups -OCH3 is 1. The molecule has 2 aromatic rings. The van der Waals surface area contributed by atoms with Crippen LogP contribution in [0.15, 0.2) is 54.6 Å². The average Bonchev–Trinajstić information content (AvgIpc) is 2.52. The molecule has 3 heteroatoms. The molecule has 0 aliphatic carbocycles. The van der Waals surface area contributed by atoms with Gasteiger partial charge in [-0.1, -0.05) is 48.5 Å². The number of para-hydroxylation sites is 1. The monoisotopic (exact) mass is 265 g/mol. The molecule has 0 atom stereocenters. The van der Waals surface area contributed by atoms with Crippen LogP contribution >= 0.6 is 0 Å². The summed E-state index contributed by atoms with van der Waals surface area (Å²) in [5, 5.41) is 9.32. The molecule has 0 radical (unpaired) electrons. The van der Waals surface area contributed by atoms with Crippen LogP contribution in [0.5, 0.6) is 5.75 Å². The van der Waals surface area contributed by atoms with Crippen LogP contribution in [0.4, 0.5) is 0 Å². The smallest absolute Gasteiger partial charge is 0.188 e. The minimum atomic E-state index is 0.179. The molecule has 0 amide bonds. The molecule has 0 aromatic heterocycles. The standard InChI is InChI=1S/C17H15NO2/c1-19-13-20-17-10-6-5-9-15(17)11-16(12-18)14-7-3-2-4-8-14/h2-11H,13H2,1H3/b16-11+. The van der Waals surface area contributed by atoms with Crippen molar-refractivity contribution in [3.63, 3.8) is 0 Å². The molecule has 0 saturated heterocycles. The molecule has 20 heavy (non-hydrogen) atoms. The van der Waals surface area contributed by atoms with Crippen molar-refractivity contribution in [2.24, 2.45) is 0 Å². The second kappa shape index (κ2) is 7.13. The number of benzene rings is 2. The first-order valence-corrected chi connectivity index (χ1v) is 6.23. The summed E-state index contributed by atoms with van der Waals surface area (Å²) in [6, 6.07) is 19.3. The van der Waals surface area contributed by atoms with Crippen LogP contribution in [-0.4, -0.2) is 13.9 Å². The van der Waals surface area contributed by atoms with Crippen LogP contribution in [-0.2, 0) is 4.74 Å². The zero-order valence-electron chi connectivity index (χ0n) is 11.2. The summed E-state index contributed by atoms with van der Waals surface area (Å²) in [6.45, 7) is 0.179. The largest absolute Gasteiger partial charge is 0.467 e. The van der Waals surface area contributed by atoms with Crippen molar-refractivity contribution < 1.29 is 9.47 Å². The zero-order chi connectivity index (χ0) is 14.2. The van der Waals surface area contributed by atoms with E-state index < -0.39 is 0 Å². The summed E-state index contributed by atoms with van der Waals surface area (Å²) >= 11 is 0. The molecular weight excluding hydrogens is 250 g/mol. The van der Waals surface area contributed by atoms with Crippen LogP contribution in [0.2, 0.25) is 0 Å². The van der Waals surface area contributed by atoms with E-state index in [0.29, 0.717) is 11.3 Å². The van der Waals surface area contributed by atoms with Crippen LogP contribution in [0.3, 0.4) is 0 Å². The quantitative estimate of drug-likeness (QED) is 0.470. The summed E-state index contributed by atoms with van der Waals surface area (Å²) in [5.41, 5.74) is 2.33. The van der Waals surface area contributed by atoms with Gasteiger partial charge in [-0.25, -0.2) is 0 Å². The molecule has 0 heterocycles. The SMILES string of the molecule is COCOc1ccccc1/C=C(\C#N)c1ccccc1. The Balaban J connectivity index is 2.36. The average molecular weight is 265 g/mol. The van der Waals surface area contributed by atoms with Crippen molar-refractivity contribution in [3.05, 3.63) is 65.7 Å². The lowest BCUT2D eigenvalue weighted by Gasteiger charge is -2.08. The third-order valence-electron chi connectivity index (χ3n) is 2.76. The van der Waals surface area contributed by atoms with Gasteiger partial charge < -0.3 is 9.47 Å². The van der Waals surface area contributed by atoms with E-state index in [4.69, 9.17) is 9.47 Å². The first kappa shape index (κ1) is 13.9. The van der Waals surface area contributed by atoms with Gasteiger partial charge in [0.1, 0.15) is 5.75 Å². The molecule has 0 aliphatic heterocycles. The van der Waals surface area contributed by atoms with E-state index in [9.17, 15) is 5.26 Å². The van der Waals surface area contributed by atoms with Gasteiger partial charge in [-0.3, -0.25) is 0 Å². The van der Waals surface area contributed by atoms with Gasteiger partial charge in [-0.05, 0) is 17.7 Å². The highest BCUT2D eigenvalue weighted by atomic mass is 16.7. The second-order valence-electron chi connectivity index (χ2n) is 4.12. The van der Waals surface area contributed by atoms with Gasteiger partial charge in [-0.2, -0.15) is 5.26 Å². The molecule has 0 unspecified atom stereocenters. The van der Waals surface area contributed by atoms with Gasteiger partial charge >= 0.3 is 0 Å². The van der Waals surface area contributed by atoms with Crippen molar-refractivity contribution >= 4 is 11.6 Å². The Morgan fingerprint density at radius 1 is 1.10 bits per heavy atom. The fraction of sp³-hybridized carbons (Fsp3) is 0.118. The Bertz CT molecular complexity index is 627. The summed E-state index contributed by atoms with van der Waals surface area (Å²) < 4.78 is 10.4. The Morgan fingerprint density at radius 2 is 1.80 bits per heavy atom. The maximum absolute atomic E-state index is 9.32. The molecule has 2 aromatic carbocycles. The van der Waals surface area contributed by atoms with Gasteiger partial charge in [0.15, 0.2) is 6.79 Å². The van der Waals surface area contributed by atoms with Crippen molar-refractivity contribution in [3.8, 4) is 11.8 Å². The Labute approximate surface area is 118 Å². The maximum Gasteiger partial charge on any atom is 0.188 e. The number of rotatable bonds is 5. The Hall–Kier alpha value is -2.57. The molecule has 0 bridgehead atoms. The zero-order valence-corrected chi connectivity index (χ0v) is 11.2. The minimum absolute atomic E-state index is 0.179. The van der Waals surface area contributed by atoms with Crippen LogP contribution < -0.4 is 4.74 Å². The molecular formula is C17H15NO2. The number of nitriles is 1. The van der Waals surface area contributed by atoms with Crippen molar-refractivity contribution in [1.82, 2.24) is 0 Å². The molecule has 0 fully saturated rings. The number of hydrogen-bond acceptors (Lipinski definition) is 3. The fourth-order valence-corrected chi connectivity index (χ4v) is 1.81. The molecule has 2 rings (SSSR count). The lowest BCUT2D eigenvalue weighted by molar-refractivity contribution is 0.0510. The van der Waals surface area contributed by atoms with Crippen LogP contribution in [0.25, 0.3) is 11.6 Å². The Kier molecular flexibility index (Phi) is 4.94. The van der Waals surface area contributed by atoms with Crippen LogP contribution in [0.1, 0.15) is 11.1 Å². The van der Waals surface area contributed by atoms with Crippen molar-refractivity contribution in [2.45, 2.75) is 0 Å². The minimum Gasteiger partial charge on any atom is -0.467 e. The Morgan fingerprint density at radius 3 is 2.50 bits per heavy atom. The summed E-state index contributed by atoms with van der Waals surface area (Å²) in [7, 11) is 1.57. The first-order valence-electron chi connectivity index (χ1n) is 6.23. The number of hydrogen-bond donors (Lipinski definition) is 0. The number of nitrogens with zero attached hydrogens (tertiary/aromatic N) is 1. The predicted octanol–water partition coefficient (Wildman–Crippen LogP) is 3.73. The van der Waals surface area contributed by atoms with Gasteiger partial charge in [0.2, 0.25) is 0 Å². The lowest BCUT2D eigenvalue weighted by atomic mass is 10.0. The molecule has 3 nitrogen and oxygen atoms in total. The summed E-state index contributed by atoms with van der Waals surface area (Å²) in [4.78, 5) is 0. The highest BCUT2D eigenvalue weighted by Gasteiger charge is 2.04. The molecule has 0 N–H and O–H groups in total. The predicted molar refractivity (Wildman–Crippen MR) is 78.9 cm³/mol. The third-order valence-corrected chi connectivity index (χ3v) is 2.76. The van der Waals surface area contributed by atoms with Crippen molar-refractivity contribution in [1.29, 1.82) is 5.26 Å². The first-order chi connectivity index (χ1) is 9.85. The fourth-order valence-electron chi connectivity index (χ4n) is 1.81. The summed E-state index contributed by atoms with van der Waals surface area (Å²) in [5.74, 6) is 0.693. The van der Waals surface area contributed by atoms with Gasteiger partial charge in [-0.15, -0.1) is 0 Å². The normalized spacial score (nSPS) is 10.9. The van der Waals surface area contributed by atoms with Crippen molar-refractivity contribution in [2.75, 3.05) is 13.9 Å². The van der Waals surface area contributed by atoms with Crippen LogP contribution in [0, 0.1) is 11.3 Å². The highest BCUT2D eigenvalue weighted by molar-refractivity contribution is 5.90. The van der Waals surface area contributed by atoms with Gasteiger partial charge in [0, 0.05) is 12.7 Å². The third kappa shape index (κ3) is 3.47. The van der Waals surface area contributed by atoms with Gasteiger partial charge in [0.25, 0.3) is 0 Å². The maximum atomic E-state index is 9.32. The highest BCUT2D eigenvalue weighted by Crippen LogP contribution is 2.24. The van der Waals surface area contributed by atoms with E-state index in [0.717, 1.165) is 11.1 Å². The lowest BCUT2D eigenvalue weighted by Crippen LogP contribution is -2.00. The van der Waals surface area contributed by atoms with E-state index in [1.54, 1.807) is 7.11 Å². The van der Waals surface area contributed by atoms with E-state index in [-0.39, 0.29) is 6.79 Å². The number of allylic oxidation sites excluding steroid dienone is 1. The van der Waals surface area contributed by atoms with E-state index in [1.165, 1.54) is 0 Å². The number of ether oxygens (including phenoxy) is 2. The molecule has 0 spiro atoms. The van der Waals surface area contributed by atoms with E-state index in [1.807, 2.05) is 60.7 Å². The summed E-state index contributed by atoms with van der Waals surface area (Å²) in [6.07, 6.45) is 1.82. The molecule has 100 valence electrons. The second-order valence-corrected chi connectivity index (χ2v) is 4.12. The van der Waals surface area contributed by atoms with Gasteiger partial charge in [0.05, 0.1) is 11.6 Å². The van der Waals surface area contributed by atoms with E-state index in [2.05, 4.69) is 6.07 Å². The van der Waals surface area contributed by atoms with E-state index >= 15 is 0 Å².